The minimum absolute atomic E-state index is 0.377. The SMILES string of the molecule is CC(C)C1=Nc2c(c3ccc(-c4ccc5cc(-c6cnc(C(C)C)[nH]6)ccc5n4)cc3c3sccc23)C1. The molecule has 0 radical (unpaired) electrons. The molecule has 37 heavy (non-hydrogen) atoms. The zero-order valence-electron chi connectivity index (χ0n) is 21.5. The van der Waals surface area contributed by atoms with Gasteiger partial charge in [0.05, 0.1) is 28.8 Å². The van der Waals surface area contributed by atoms with Crippen molar-refractivity contribution in [3.63, 3.8) is 0 Å². The Bertz CT molecular complexity index is 1870. The number of hydrogen-bond acceptors (Lipinski definition) is 4. The minimum atomic E-state index is 0.377. The van der Waals surface area contributed by atoms with E-state index in [9.17, 15) is 0 Å². The number of benzene rings is 3. The fourth-order valence-electron chi connectivity index (χ4n) is 5.38. The molecule has 6 aromatic rings. The first kappa shape index (κ1) is 22.4. The van der Waals surface area contributed by atoms with Crippen molar-refractivity contribution in [2.75, 3.05) is 0 Å². The highest BCUT2D eigenvalue weighted by Gasteiger charge is 2.23. The highest BCUT2D eigenvalue weighted by molar-refractivity contribution is 7.18. The molecule has 0 saturated heterocycles. The summed E-state index contributed by atoms with van der Waals surface area (Å²) in [6, 6.07) is 19.8. The standard InChI is InChI=1S/C32H28N4S/c1-17(2)28-15-24-22-8-5-21(14-25(22)31-23(11-12-37-31)30(24)35-28)27-9-6-19-13-20(7-10-26(19)34-27)29-16-33-32(36-29)18(3)4/h5-14,16-18H,15H2,1-4H3,(H,33,36). The van der Waals surface area contributed by atoms with Crippen molar-refractivity contribution in [3.05, 3.63) is 77.6 Å². The van der Waals surface area contributed by atoms with Crippen molar-refractivity contribution < 1.29 is 0 Å². The van der Waals surface area contributed by atoms with E-state index in [4.69, 9.17) is 9.98 Å². The van der Waals surface area contributed by atoms with Crippen molar-refractivity contribution >= 4 is 54.5 Å². The maximum Gasteiger partial charge on any atom is 0.109 e. The van der Waals surface area contributed by atoms with Gasteiger partial charge in [-0.2, -0.15) is 0 Å². The van der Waals surface area contributed by atoms with Crippen molar-refractivity contribution in [1.82, 2.24) is 15.0 Å². The van der Waals surface area contributed by atoms with Crippen LogP contribution in [-0.4, -0.2) is 20.7 Å². The first-order valence-corrected chi connectivity index (χ1v) is 13.8. The number of hydrogen-bond donors (Lipinski definition) is 1. The predicted octanol–water partition coefficient (Wildman–Crippen LogP) is 9.07. The number of nitrogens with one attached hydrogen (secondary N) is 1. The highest BCUT2D eigenvalue weighted by Crippen LogP contribution is 2.45. The van der Waals surface area contributed by atoms with Crippen LogP contribution in [0.25, 0.3) is 54.3 Å². The topological polar surface area (TPSA) is 53.9 Å². The Morgan fingerprint density at radius 2 is 1.70 bits per heavy atom. The number of aromatic amines is 1. The van der Waals surface area contributed by atoms with E-state index in [1.807, 2.05) is 6.20 Å². The summed E-state index contributed by atoms with van der Waals surface area (Å²) in [7, 11) is 0. The van der Waals surface area contributed by atoms with Crippen LogP contribution in [0.1, 0.15) is 45.0 Å². The number of pyridine rings is 1. The Labute approximate surface area is 220 Å². The molecule has 4 nitrogen and oxygen atoms in total. The highest BCUT2D eigenvalue weighted by atomic mass is 32.1. The molecule has 0 aliphatic carbocycles. The van der Waals surface area contributed by atoms with Crippen molar-refractivity contribution in [3.8, 4) is 22.5 Å². The summed E-state index contributed by atoms with van der Waals surface area (Å²) in [5, 5.41) is 7.21. The van der Waals surface area contributed by atoms with E-state index >= 15 is 0 Å². The second kappa shape index (κ2) is 8.35. The molecule has 1 aliphatic heterocycles. The second-order valence-corrected chi connectivity index (χ2v) is 11.5. The smallest absolute Gasteiger partial charge is 0.109 e. The normalized spacial score (nSPS) is 13.4. The van der Waals surface area contributed by atoms with Gasteiger partial charge in [-0.15, -0.1) is 11.3 Å². The van der Waals surface area contributed by atoms with Gasteiger partial charge in [0, 0.05) is 50.0 Å². The van der Waals surface area contributed by atoms with E-state index in [0.717, 1.165) is 45.7 Å². The largest absolute Gasteiger partial charge is 0.342 e. The van der Waals surface area contributed by atoms with Gasteiger partial charge in [0.2, 0.25) is 0 Å². The molecule has 7 rings (SSSR count). The number of rotatable bonds is 4. The van der Waals surface area contributed by atoms with Crippen molar-refractivity contribution in [2.45, 2.75) is 40.0 Å². The lowest BCUT2D eigenvalue weighted by Gasteiger charge is -2.10. The Morgan fingerprint density at radius 1 is 0.838 bits per heavy atom. The molecule has 0 amide bonds. The van der Waals surface area contributed by atoms with Gasteiger partial charge in [0.15, 0.2) is 0 Å². The summed E-state index contributed by atoms with van der Waals surface area (Å²) in [6.45, 7) is 8.77. The lowest BCUT2D eigenvalue weighted by Crippen LogP contribution is -2.06. The van der Waals surface area contributed by atoms with Gasteiger partial charge in [0.1, 0.15) is 5.82 Å². The number of aromatic nitrogens is 3. The third kappa shape index (κ3) is 3.60. The van der Waals surface area contributed by atoms with E-state index in [2.05, 4.69) is 97.6 Å². The van der Waals surface area contributed by atoms with Gasteiger partial charge in [-0.3, -0.25) is 4.99 Å². The van der Waals surface area contributed by atoms with E-state index in [0.29, 0.717) is 11.8 Å². The third-order valence-corrected chi connectivity index (χ3v) is 8.46. The zero-order valence-corrected chi connectivity index (χ0v) is 22.3. The number of imidazole rings is 1. The third-order valence-electron chi connectivity index (χ3n) is 7.51. The molecule has 0 unspecified atom stereocenters. The lowest BCUT2D eigenvalue weighted by atomic mass is 9.94. The molecule has 5 heteroatoms. The average molecular weight is 501 g/mol. The van der Waals surface area contributed by atoms with Crippen LogP contribution in [-0.2, 0) is 6.42 Å². The molecule has 0 saturated carbocycles. The summed E-state index contributed by atoms with van der Waals surface area (Å²) >= 11 is 1.80. The predicted molar refractivity (Wildman–Crippen MR) is 157 cm³/mol. The van der Waals surface area contributed by atoms with Crippen LogP contribution in [0.2, 0.25) is 0 Å². The molecule has 1 N–H and O–H groups in total. The Hall–Kier alpha value is -3.83. The molecule has 3 aromatic carbocycles. The lowest BCUT2D eigenvalue weighted by molar-refractivity contribution is 0.795. The van der Waals surface area contributed by atoms with Gasteiger partial charge < -0.3 is 4.98 Å². The molecule has 1 aliphatic rings. The number of H-pyrrole nitrogens is 1. The zero-order chi connectivity index (χ0) is 25.3. The first-order chi connectivity index (χ1) is 18.0. The van der Waals surface area contributed by atoms with E-state index in [1.54, 1.807) is 11.3 Å². The van der Waals surface area contributed by atoms with Crippen LogP contribution in [0, 0.1) is 5.92 Å². The number of nitrogens with zero attached hydrogens (tertiary/aromatic N) is 3. The van der Waals surface area contributed by atoms with Crippen molar-refractivity contribution in [2.24, 2.45) is 10.9 Å². The maximum atomic E-state index is 5.06. The van der Waals surface area contributed by atoms with Crippen LogP contribution in [0.5, 0.6) is 0 Å². The van der Waals surface area contributed by atoms with E-state index in [-0.39, 0.29) is 0 Å². The van der Waals surface area contributed by atoms with Gasteiger partial charge in [-0.05, 0) is 52.6 Å². The number of aliphatic imine (C=N–C) groups is 1. The molecular formula is C32H28N4S. The van der Waals surface area contributed by atoms with Crippen LogP contribution in [0.4, 0.5) is 5.69 Å². The minimum Gasteiger partial charge on any atom is -0.342 e. The second-order valence-electron chi connectivity index (χ2n) is 10.6. The number of fused-ring (bicyclic) bond motifs is 7. The van der Waals surface area contributed by atoms with Crippen LogP contribution in [0.3, 0.4) is 0 Å². The first-order valence-electron chi connectivity index (χ1n) is 13.0. The Kier molecular flexibility index (Phi) is 5.05. The monoisotopic (exact) mass is 500 g/mol. The molecule has 3 aromatic heterocycles. The quantitative estimate of drug-likeness (QED) is 0.262. The van der Waals surface area contributed by atoms with Gasteiger partial charge in [-0.25, -0.2) is 9.97 Å². The molecular weight excluding hydrogens is 472 g/mol. The molecule has 182 valence electrons. The van der Waals surface area contributed by atoms with E-state index < -0.39 is 0 Å². The summed E-state index contributed by atoms with van der Waals surface area (Å²) in [6.07, 6.45) is 2.87. The van der Waals surface area contributed by atoms with Gasteiger partial charge >= 0.3 is 0 Å². The van der Waals surface area contributed by atoms with Gasteiger partial charge in [-0.1, -0.05) is 52.0 Å². The summed E-state index contributed by atoms with van der Waals surface area (Å²) < 4.78 is 1.31. The average Bonchev–Trinajstić information content (AvgIpc) is 3.67. The molecule has 0 spiro atoms. The Balaban J connectivity index is 1.30. The van der Waals surface area contributed by atoms with Gasteiger partial charge in [0.25, 0.3) is 0 Å². The molecule has 0 bridgehead atoms. The van der Waals surface area contributed by atoms with Crippen LogP contribution in [0.15, 0.2) is 71.2 Å². The molecule has 0 atom stereocenters. The van der Waals surface area contributed by atoms with E-state index in [1.165, 1.54) is 37.8 Å². The van der Waals surface area contributed by atoms with Crippen molar-refractivity contribution in [1.29, 1.82) is 0 Å². The fraction of sp³-hybridized carbons (Fsp3) is 0.219. The molecule has 0 fully saturated rings. The maximum absolute atomic E-state index is 5.06. The summed E-state index contributed by atoms with van der Waals surface area (Å²) in [5.74, 6) is 1.85. The van der Waals surface area contributed by atoms with Crippen LogP contribution >= 0.6 is 11.3 Å². The molecule has 4 heterocycles. The Morgan fingerprint density at radius 3 is 2.51 bits per heavy atom. The fourth-order valence-corrected chi connectivity index (χ4v) is 6.31. The number of thiophene rings is 1. The van der Waals surface area contributed by atoms with Crippen LogP contribution < -0.4 is 0 Å². The summed E-state index contributed by atoms with van der Waals surface area (Å²) in [5.41, 5.74) is 9.14. The summed E-state index contributed by atoms with van der Waals surface area (Å²) in [4.78, 5) is 18.1.